The molecular formula is C6H17N5. The number of nitrogens with zero attached hydrogens (tertiary/aromatic N) is 1. The van der Waals surface area contributed by atoms with Gasteiger partial charge in [0.05, 0.1) is 5.84 Å². The number of guanidine groups is 1. The van der Waals surface area contributed by atoms with Crippen molar-refractivity contribution in [2.24, 2.45) is 22.2 Å². The second kappa shape index (κ2) is 8.74. The Morgan fingerprint density at radius 3 is 1.64 bits per heavy atom. The highest BCUT2D eigenvalue weighted by Gasteiger charge is 1.70. The van der Waals surface area contributed by atoms with Crippen LogP contribution in [0.2, 0.25) is 0 Å². The first kappa shape index (κ1) is 12.4. The molecule has 0 aromatic carbocycles. The van der Waals surface area contributed by atoms with E-state index in [0.29, 0.717) is 13.0 Å². The molecule has 0 aliphatic rings. The summed E-state index contributed by atoms with van der Waals surface area (Å²) in [6.45, 7) is 4.39. The molecule has 0 heterocycles. The number of amidine groups is 1. The van der Waals surface area contributed by atoms with E-state index in [1.165, 1.54) is 0 Å². The zero-order valence-corrected chi connectivity index (χ0v) is 7.09. The van der Waals surface area contributed by atoms with E-state index >= 15 is 0 Å². The van der Waals surface area contributed by atoms with Crippen LogP contribution in [0.4, 0.5) is 0 Å². The van der Waals surface area contributed by atoms with Crippen LogP contribution in [0.15, 0.2) is 4.99 Å². The number of nitrogens with one attached hydrogen (secondary N) is 1. The molecule has 0 rings (SSSR count). The molecule has 0 amide bonds. The van der Waals surface area contributed by atoms with Crippen LogP contribution in [-0.2, 0) is 0 Å². The van der Waals surface area contributed by atoms with Gasteiger partial charge in [0.2, 0.25) is 0 Å². The summed E-state index contributed by atoms with van der Waals surface area (Å²) in [6.07, 6.45) is 0.667. The topological polar surface area (TPSA) is 114 Å². The predicted octanol–water partition coefficient (Wildman–Crippen LogP) is -0.388. The Hall–Kier alpha value is -1.26. The zero-order chi connectivity index (χ0) is 9.28. The van der Waals surface area contributed by atoms with Gasteiger partial charge in [-0.05, 0) is 6.92 Å². The fourth-order valence-corrected chi connectivity index (χ4v) is 0.183. The van der Waals surface area contributed by atoms with Crippen LogP contribution in [0.25, 0.3) is 0 Å². The Balaban J connectivity index is 0. The van der Waals surface area contributed by atoms with Gasteiger partial charge in [-0.1, -0.05) is 6.92 Å². The molecule has 7 N–H and O–H groups in total. The van der Waals surface area contributed by atoms with Crippen molar-refractivity contribution in [2.75, 3.05) is 6.54 Å². The SMILES string of the molecule is CCC(=N)N.CCN=C(N)N. The van der Waals surface area contributed by atoms with E-state index in [1.807, 2.05) is 13.8 Å². The molecular weight excluding hydrogens is 142 g/mol. The molecule has 0 saturated heterocycles. The molecule has 0 aliphatic heterocycles. The summed E-state index contributed by atoms with van der Waals surface area (Å²) in [7, 11) is 0. The van der Waals surface area contributed by atoms with Crippen LogP contribution < -0.4 is 17.2 Å². The minimum absolute atomic E-state index is 0.164. The largest absolute Gasteiger partial charge is 0.388 e. The summed E-state index contributed by atoms with van der Waals surface area (Å²) in [5.41, 5.74) is 14.7. The molecule has 0 bridgehead atoms. The lowest BCUT2D eigenvalue weighted by atomic mass is 10.5. The second-order valence-corrected chi connectivity index (χ2v) is 1.78. The average molecular weight is 159 g/mol. The van der Waals surface area contributed by atoms with E-state index in [2.05, 4.69) is 4.99 Å². The van der Waals surface area contributed by atoms with Gasteiger partial charge in [0.1, 0.15) is 0 Å². The van der Waals surface area contributed by atoms with Gasteiger partial charge in [-0.2, -0.15) is 0 Å². The molecule has 0 fully saturated rings. The van der Waals surface area contributed by atoms with Crippen LogP contribution >= 0.6 is 0 Å². The summed E-state index contributed by atoms with van der Waals surface area (Å²) < 4.78 is 0. The third-order valence-corrected chi connectivity index (χ3v) is 0.722. The van der Waals surface area contributed by atoms with E-state index in [1.54, 1.807) is 0 Å². The van der Waals surface area contributed by atoms with E-state index < -0.39 is 0 Å². The molecule has 0 aliphatic carbocycles. The second-order valence-electron chi connectivity index (χ2n) is 1.78. The quantitative estimate of drug-likeness (QED) is 0.325. The van der Waals surface area contributed by atoms with Gasteiger partial charge in [0, 0.05) is 13.0 Å². The van der Waals surface area contributed by atoms with Gasteiger partial charge in [-0.25, -0.2) is 0 Å². The summed E-state index contributed by atoms with van der Waals surface area (Å²) in [5, 5.41) is 6.52. The molecule has 0 radical (unpaired) electrons. The summed E-state index contributed by atoms with van der Waals surface area (Å²) >= 11 is 0. The molecule has 0 spiro atoms. The standard InChI is InChI=1S/C3H9N3.C3H8N2/c1-2-6-3(4)5;1-2-3(4)5/h2H2,1H3,(H4,4,5,6);2H2,1H3,(H3,4,5). The average Bonchev–Trinajstić information content (AvgIpc) is 1.89. The normalized spacial score (nSPS) is 7.45. The number of aliphatic imine (C=N–C) groups is 1. The molecule has 0 aromatic heterocycles. The highest BCUT2D eigenvalue weighted by Crippen LogP contribution is 1.64. The fourth-order valence-electron chi connectivity index (χ4n) is 0.183. The van der Waals surface area contributed by atoms with Crippen LogP contribution in [0.3, 0.4) is 0 Å². The van der Waals surface area contributed by atoms with Crippen LogP contribution in [0.1, 0.15) is 20.3 Å². The smallest absolute Gasteiger partial charge is 0.185 e. The van der Waals surface area contributed by atoms with Crippen LogP contribution in [-0.4, -0.2) is 18.3 Å². The van der Waals surface area contributed by atoms with Crippen LogP contribution in [0, 0.1) is 5.41 Å². The molecule has 11 heavy (non-hydrogen) atoms. The first-order valence-electron chi connectivity index (χ1n) is 3.42. The minimum Gasteiger partial charge on any atom is -0.388 e. The maximum Gasteiger partial charge on any atom is 0.185 e. The predicted molar refractivity (Wildman–Crippen MR) is 48.6 cm³/mol. The zero-order valence-electron chi connectivity index (χ0n) is 7.09. The van der Waals surface area contributed by atoms with Gasteiger partial charge >= 0.3 is 0 Å². The van der Waals surface area contributed by atoms with Crippen molar-refractivity contribution in [3.05, 3.63) is 0 Å². The minimum atomic E-state index is 0.164. The number of hydrogen-bond donors (Lipinski definition) is 4. The van der Waals surface area contributed by atoms with Crippen molar-refractivity contribution >= 4 is 11.8 Å². The number of hydrogen-bond acceptors (Lipinski definition) is 2. The van der Waals surface area contributed by atoms with Crippen LogP contribution in [0.5, 0.6) is 0 Å². The van der Waals surface area contributed by atoms with Crippen molar-refractivity contribution in [3.8, 4) is 0 Å². The lowest BCUT2D eigenvalue weighted by molar-refractivity contribution is 1.11. The van der Waals surface area contributed by atoms with Gasteiger partial charge in [0.25, 0.3) is 0 Å². The Morgan fingerprint density at radius 2 is 1.64 bits per heavy atom. The highest BCUT2D eigenvalue weighted by atomic mass is 15.0. The fraction of sp³-hybridized carbons (Fsp3) is 0.667. The Labute approximate surface area is 67.2 Å². The molecule has 0 atom stereocenters. The lowest BCUT2D eigenvalue weighted by Gasteiger charge is -1.82. The van der Waals surface area contributed by atoms with Gasteiger partial charge in [-0.3, -0.25) is 10.4 Å². The van der Waals surface area contributed by atoms with Gasteiger partial charge in [-0.15, -0.1) is 0 Å². The summed E-state index contributed by atoms with van der Waals surface area (Å²) in [4.78, 5) is 3.60. The van der Waals surface area contributed by atoms with Gasteiger partial charge in [0.15, 0.2) is 5.96 Å². The number of nitrogens with two attached hydrogens (primary N) is 3. The Kier molecular flexibility index (Phi) is 9.87. The molecule has 66 valence electrons. The highest BCUT2D eigenvalue weighted by molar-refractivity contribution is 5.76. The maximum atomic E-state index is 6.52. The van der Waals surface area contributed by atoms with Gasteiger partial charge < -0.3 is 17.2 Å². The van der Waals surface area contributed by atoms with E-state index in [9.17, 15) is 0 Å². The molecule has 5 nitrogen and oxygen atoms in total. The van der Waals surface area contributed by atoms with Crippen molar-refractivity contribution in [1.29, 1.82) is 5.41 Å². The monoisotopic (exact) mass is 159 g/mol. The first-order chi connectivity index (χ1) is 5.04. The van der Waals surface area contributed by atoms with Crippen molar-refractivity contribution in [1.82, 2.24) is 0 Å². The third-order valence-electron chi connectivity index (χ3n) is 0.722. The third kappa shape index (κ3) is 28.4. The number of rotatable bonds is 2. The summed E-state index contributed by atoms with van der Waals surface area (Å²) in [6, 6.07) is 0. The lowest BCUT2D eigenvalue weighted by Crippen LogP contribution is -2.22. The van der Waals surface area contributed by atoms with E-state index in [-0.39, 0.29) is 11.8 Å². The molecule has 0 aromatic rings. The van der Waals surface area contributed by atoms with Crippen molar-refractivity contribution in [2.45, 2.75) is 20.3 Å². The maximum absolute atomic E-state index is 6.52. The molecule has 0 saturated carbocycles. The summed E-state index contributed by atoms with van der Waals surface area (Å²) in [5.74, 6) is 0.419. The van der Waals surface area contributed by atoms with E-state index in [0.717, 1.165) is 0 Å². The Bertz CT molecular complexity index is 125. The molecule has 5 heteroatoms. The Morgan fingerprint density at radius 1 is 1.27 bits per heavy atom. The first-order valence-corrected chi connectivity index (χ1v) is 3.42. The van der Waals surface area contributed by atoms with Crippen molar-refractivity contribution in [3.63, 3.8) is 0 Å². The van der Waals surface area contributed by atoms with Crippen molar-refractivity contribution < 1.29 is 0 Å². The molecule has 0 unspecified atom stereocenters. The van der Waals surface area contributed by atoms with E-state index in [4.69, 9.17) is 22.6 Å².